The lowest BCUT2D eigenvalue weighted by molar-refractivity contribution is -0.137. The highest BCUT2D eigenvalue weighted by molar-refractivity contribution is 6.32. The van der Waals surface area contributed by atoms with Crippen molar-refractivity contribution in [1.29, 1.82) is 0 Å². The Hall–Kier alpha value is -2.84. The molecule has 3 rings (SSSR count). The van der Waals surface area contributed by atoms with Crippen LogP contribution in [0.15, 0.2) is 51.7 Å². The van der Waals surface area contributed by atoms with E-state index in [4.69, 9.17) is 16.0 Å². The topological polar surface area (TPSA) is 62.6 Å². The van der Waals surface area contributed by atoms with E-state index in [9.17, 15) is 22.8 Å². The van der Waals surface area contributed by atoms with E-state index in [0.29, 0.717) is 16.1 Å². The molecule has 1 N–H and O–H groups in total. The summed E-state index contributed by atoms with van der Waals surface area (Å²) in [5.41, 5.74) is 0.118. The van der Waals surface area contributed by atoms with Gasteiger partial charge in [0.05, 0.1) is 17.0 Å². The van der Waals surface area contributed by atoms with Crippen LogP contribution < -0.4 is 10.7 Å². The summed E-state index contributed by atoms with van der Waals surface area (Å²) in [6.45, 7) is 1.75. The molecule has 0 aliphatic heterocycles. The Morgan fingerprint density at radius 2 is 1.90 bits per heavy atom. The highest BCUT2D eigenvalue weighted by Crippen LogP contribution is 2.31. The van der Waals surface area contributed by atoms with Crippen LogP contribution in [-0.2, 0) is 6.18 Å². The van der Waals surface area contributed by atoms with Gasteiger partial charge in [-0.25, -0.2) is 0 Å². The normalized spacial score (nSPS) is 12.9. The molecule has 0 bridgehead atoms. The number of halogens is 4. The molecule has 3 aromatic rings. The molecular weight excluding hydrogens is 433 g/mol. The Labute approximate surface area is 181 Å². The molecule has 1 atom stereocenters. The molecule has 1 aromatic heterocycles. The van der Waals surface area contributed by atoms with Crippen LogP contribution in [0.25, 0.3) is 11.0 Å². The molecule has 2 aromatic carbocycles. The van der Waals surface area contributed by atoms with Crippen molar-refractivity contribution in [2.75, 3.05) is 20.6 Å². The van der Waals surface area contributed by atoms with Crippen LogP contribution in [0.1, 0.15) is 33.3 Å². The number of nitrogens with zero attached hydrogens (tertiary/aromatic N) is 1. The van der Waals surface area contributed by atoms with Gasteiger partial charge in [0.25, 0.3) is 5.91 Å². The Morgan fingerprint density at radius 3 is 2.55 bits per heavy atom. The van der Waals surface area contributed by atoms with Gasteiger partial charge < -0.3 is 14.6 Å². The van der Waals surface area contributed by atoms with E-state index in [2.05, 4.69) is 5.32 Å². The number of rotatable bonds is 5. The molecule has 0 aliphatic rings. The minimum absolute atomic E-state index is 0.00847. The van der Waals surface area contributed by atoms with Gasteiger partial charge in [-0.15, -0.1) is 0 Å². The third kappa shape index (κ3) is 5.08. The number of carbonyl (C=O) groups is 1. The highest BCUT2D eigenvalue weighted by atomic mass is 35.5. The van der Waals surface area contributed by atoms with Crippen LogP contribution >= 0.6 is 11.6 Å². The number of fused-ring (bicyclic) bond motifs is 1. The maximum atomic E-state index is 13.1. The van der Waals surface area contributed by atoms with Crippen molar-refractivity contribution < 1.29 is 22.4 Å². The molecule has 1 heterocycles. The minimum atomic E-state index is -4.47. The number of aryl methyl sites for hydroxylation is 1. The molecule has 164 valence electrons. The third-order valence-electron chi connectivity index (χ3n) is 4.91. The van der Waals surface area contributed by atoms with Crippen molar-refractivity contribution in [3.05, 3.63) is 80.2 Å². The van der Waals surface area contributed by atoms with Gasteiger partial charge in [-0.1, -0.05) is 23.7 Å². The van der Waals surface area contributed by atoms with E-state index in [1.807, 2.05) is 0 Å². The second-order valence-corrected chi connectivity index (χ2v) is 7.79. The molecule has 1 unspecified atom stereocenters. The first-order valence-corrected chi connectivity index (χ1v) is 9.71. The van der Waals surface area contributed by atoms with Gasteiger partial charge in [0, 0.05) is 17.6 Å². The van der Waals surface area contributed by atoms with E-state index < -0.39 is 29.1 Å². The summed E-state index contributed by atoms with van der Waals surface area (Å²) in [5.74, 6) is -0.841. The molecule has 31 heavy (non-hydrogen) atoms. The predicted octanol–water partition coefficient (Wildman–Crippen LogP) is 4.81. The van der Waals surface area contributed by atoms with E-state index in [1.54, 1.807) is 38.1 Å². The standard InChI is InChI=1S/C22H20ClF3N2O3/c1-12-7-19-15(9-16(12)23)18(29)10-20(31-19)21(30)27-11-17(28(2)3)13-5-4-6-14(8-13)22(24,25)26/h4-10,17H,11H2,1-3H3,(H,27,30). The lowest BCUT2D eigenvalue weighted by Gasteiger charge is -2.25. The molecule has 0 aliphatic carbocycles. The van der Waals surface area contributed by atoms with Crippen LogP contribution in [-0.4, -0.2) is 31.4 Å². The molecule has 0 saturated carbocycles. The van der Waals surface area contributed by atoms with Gasteiger partial charge in [-0.2, -0.15) is 13.2 Å². The number of likely N-dealkylation sites (N-methyl/N-ethyl adjacent to an activating group) is 1. The zero-order valence-electron chi connectivity index (χ0n) is 17.0. The summed E-state index contributed by atoms with van der Waals surface area (Å²) in [6, 6.07) is 8.53. The summed E-state index contributed by atoms with van der Waals surface area (Å²) >= 11 is 6.04. The molecular formula is C22H20ClF3N2O3. The zero-order valence-corrected chi connectivity index (χ0v) is 17.8. The fourth-order valence-corrected chi connectivity index (χ4v) is 3.35. The molecule has 0 radical (unpaired) electrons. The maximum Gasteiger partial charge on any atom is 0.416 e. The van der Waals surface area contributed by atoms with Crippen LogP contribution in [0.2, 0.25) is 5.02 Å². The van der Waals surface area contributed by atoms with Crippen molar-refractivity contribution in [3.8, 4) is 0 Å². The number of hydrogen-bond donors (Lipinski definition) is 1. The fourth-order valence-electron chi connectivity index (χ4n) is 3.19. The summed E-state index contributed by atoms with van der Waals surface area (Å²) in [4.78, 5) is 26.7. The molecule has 0 spiro atoms. The lowest BCUT2D eigenvalue weighted by atomic mass is 10.0. The first-order valence-electron chi connectivity index (χ1n) is 9.33. The Balaban J connectivity index is 1.84. The van der Waals surface area contributed by atoms with Gasteiger partial charge in [0.2, 0.25) is 0 Å². The van der Waals surface area contributed by atoms with E-state index in [-0.39, 0.29) is 23.3 Å². The van der Waals surface area contributed by atoms with Crippen molar-refractivity contribution in [2.45, 2.75) is 19.1 Å². The number of benzene rings is 2. The Kier molecular flexibility index (Phi) is 6.43. The number of alkyl halides is 3. The van der Waals surface area contributed by atoms with Gasteiger partial charge in [-0.3, -0.25) is 9.59 Å². The van der Waals surface area contributed by atoms with Gasteiger partial charge >= 0.3 is 6.18 Å². The van der Waals surface area contributed by atoms with Gasteiger partial charge in [0.1, 0.15) is 5.58 Å². The first-order chi connectivity index (χ1) is 14.5. The third-order valence-corrected chi connectivity index (χ3v) is 5.32. The highest BCUT2D eigenvalue weighted by Gasteiger charge is 2.31. The van der Waals surface area contributed by atoms with Crippen LogP contribution in [0.3, 0.4) is 0 Å². The molecule has 0 saturated heterocycles. The summed E-state index contributed by atoms with van der Waals surface area (Å²) in [6.07, 6.45) is -4.47. The van der Waals surface area contributed by atoms with E-state index in [0.717, 1.165) is 18.2 Å². The number of carbonyl (C=O) groups excluding carboxylic acids is 1. The smallest absolute Gasteiger partial charge is 0.416 e. The Morgan fingerprint density at radius 1 is 1.19 bits per heavy atom. The summed E-state index contributed by atoms with van der Waals surface area (Å²) in [5, 5.41) is 3.30. The van der Waals surface area contributed by atoms with E-state index in [1.165, 1.54) is 12.1 Å². The Bertz CT molecular complexity index is 1190. The predicted molar refractivity (Wildman–Crippen MR) is 112 cm³/mol. The number of amides is 1. The van der Waals surface area contributed by atoms with Crippen molar-refractivity contribution in [3.63, 3.8) is 0 Å². The molecule has 1 amide bonds. The molecule has 5 nitrogen and oxygen atoms in total. The second kappa shape index (κ2) is 8.72. The van der Waals surface area contributed by atoms with Crippen LogP contribution in [0, 0.1) is 6.92 Å². The van der Waals surface area contributed by atoms with Crippen LogP contribution in [0.5, 0.6) is 0 Å². The quantitative estimate of drug-likeness (QED) is 0.603. The molecule has 9 heteroatoms. The zero-order chi connectivity index (χ0) is 22.9. The van der Waals surface area contributed by atoms with Crippen molar-refractivity contribution in [2.24, 2.45) is 0 Å². The van der Waals surface area contributed by atoms with Gasteiger partial charge in [0.15, 0.2) is 11.2 Å². The van der Waals surface area contributed by atoms with Crippen molar-refractivity contribution in [1.82, 2.24) is 10.2 Å². The first kappa shape index (κ1) is 22.8. The monoisotopic (exact) mass is 452 g/mol. The average molecular weight is 453 g/mol. The SMILES string of the molecule is Cc1cc2oc(C(=O)NCC(c3cccc(C(F)(F)F)c3)N(C)C)cc(=O)c2cc1Cl. The van der Waals surface area contributed by atoms with E-state index >= 15 is 0 Å². The maximum absolute atomic E-state index is 13.1. The second-order valence-electron chi connectivity index (χ2n) is 7.39. The average Bonchev–Trinajstić information content (AvgIpc) is 2.68. The van der Waals surface area contributed by atoms with Gasteiger partial charge in [-0.05, 0) is 56.4 Å². The largest absolute Gasteiger partial charge is 0.451 e. The number of hydrogen-bond acceptors (Lipinski definition) is 4. The summed E-state index contributed by atoms with van der Waals surface area (Å²) < 4.78 is 44.7. The number of nitrogens with one attached hydrogen (secondary N) is 1. The molecule has 0 fully saturated rings. The minimum Gasteiger partial charge on any atom is -0.451 e. The van der Waals surface area contributed by atoms with Crippen molar-refractivity contribution >= 4 is 28.5 Å². The lowest BCUT2D eigenvalue weighted by Crippen LogP contribution is -2.35. The fraction of sp³-hybridized carbons (Fsp3) is 0.273. The summed E-state index contributed by atoms with van der Waals surface area (Å²) in [7, 11) is 3.39. The van der Waals surface area contributed by atoms with Crippen LogP contribution in [0.4, 0.5) is 13.2 Å².